The smallest absolute Gasteiger partial charge is 0.310 e. The standard InChI is InChI=1S/C16H24N2O3/c1-5-18(4)15(19)12(3)17-10-13-6-8-14(9-7-13)11(2)16(20)21/h6-9,11-12,17H,5,10H2,1-4H3,(H,20,21). The van der Waals surface area contributed by atoms with Gasteiger partial charge in [-0.25, -0.2) is 0 Å². The third kappa shape index (κ3) is 4.86. The molecule has 0 aliphatic rings. The Morgan fingerprint density at radius 1 is 1.24 bits per heavy atom. The van der Waals surface area contributed by atoms with Crippen LogP contribution >= 0.6 is 0 Å². The van der Waals surface area contributed by atoms with Crippen LogP contribution in [0.2, 0.25) is 0 Å². The number of aliphatic carboxylic acids is 1. The largest absolute Gasteiger partial charge is 0.481 e. The number of nitrogens with zero attached hydrogens (tertiary/aromatic N) is 1. The molecule has 21 heavy (non-hydrogen) atoms. The molecule has 1 aromatic carbocycles. The Morgan fingerprint density at radius 2 is 1.81 bits per heavy atom. The molecule has 0 fully saturated rings. The number of hydrogen-bond donors (Lipinski definition) is 2. The third-order valence-electron chi connectivity index (χ3n) is 3.68. The van der Waals surface area contributed by atoms with Crippen molar-refractivity contribution in [3.63, 3.8) is 0 Å². The Bertz CT molecular complexity index is 485. The van der Waals surface area contributed by atoms with Crippen molar-refractivity contribution in [1.82, 2.24) is 10.2 Å². The molecule has 1 aromatic rings. The lowest BCUT2D eigenvalue weighted by Gasteiger charge is -2.20. The van der Waals surface area contributed by atoms with Crippen LogP contribution in [-0.2, 0) is 16.1 Å². The van der Waals surface area contributed by atoms with Crippen molar-refractivity contribution < 1.29 is 14.7 Å². The number of likely N-dealkylation sites (N-methyl/N-ethyl adjacent to an activating group) is 1. The van der Waals surface area contributed by atoms with Crippen molar-refractivity contribution in [2.24, 2.45) is 0 Å². The van der Waals surface area contributed by atoms with E-state index < -0.39 is 11.9 Å². The first-order valence-electron chi connectivity index (χ1n) is 7.16. The highest BCUT2D eigenvalue weighted by atomic mass is 16.4. The number of benzene rings is 1. The molecule has 5 heteroatoms. The van der Waals surface area contributed by atoms with Gasteiger partial charge < -0.3 is 15.3 Å². The molecule has 0 aliphatic carbocycles. The van der Waals surface area contributed by atoms with Crippen LogP contribution in [0.1, 0.15) is 37.8 Å². The summed E-state index contributed by atoms with van der Waals surface area (Å²) in [4.78, 5) is 24.5. The van der Waals surface area contributed by atoms with Gasteiger partial charge in [-0.3, -0.25) is 9.59 Å². The molecule has 0 saturated heterocycles. The molecule has 0 aliphatic heterocycles. The van der Waals surface area contributed by atoms with Crippen LogP contribution in [0.15, 0.2) is 24.3 Å². The fourth-order valence-corrected chi connectivity index (χ4v) is 1.91. The highest BCUT2D eigenvalue weighted by Gasteiger charge is 2.16. The second-order valence-electron chi connectivity index (χ2n) is 5.26. The molecule has 0 aromatic heterocycles. The number of nitrogens with one attached hydrogen (secondary N) is 1. The van der Waals surface area contributed by atoms with Gasteiger partial charge in [0.2, 0.25) is 5.91 Å². The van der Waals surface area contributed by atoms with Crippen molar-refractivity contribution in [1.29, 1.82) is 0 Å². The highest BCUT2D eigenvalue weighted by molar-refractivity contribution is 5.81. The van der Waals surface area contributed by atoms with E-state index in [1.807, 2.05) is 38.1 Å². The Morgan fingerprint density at radius 3 is 2.29 bits per heavy atom. The summed E-state index contributed by atoms with van der Waals surface area (Å²) >= 11 is 0. The summed E-state index contributed by atoms with van der Waals surface area (Å²) in [6.45, 7) is 6.71. The fraction of sp³-hybridized carbons (Fsp3) is 0.500. The second kappa shape index (κ2) is 7.78. The predicted octanol–water partition coefficient (Wildman–Crippen LogP) is 1.83. The van der Waals surface area contributed by atoms with Crippen LogP contribution in [0.3, 0.4) is 0 Å². The summed E-state index contributed by atoms with van der Waals surface area (Å²) in [6.07, 6.45) is 0. The summed E-state index contributed by atoms with van der Waals surface area (Å²) in [5, 5.41) is 12.1. The van der Waals surface area contributed by atoms with Crippen LogP contribution in [-0.4, -0.2) is 41.5 Å². The van der Waals surface area contributed by atoms with E-state index in [-0.39, 0.29) is 11.9 Å². The van der Waals surface area contributed by atoms with Crippen molar-refractivity contribution in [3.05, 3.63) is 35.4 Å². The van der Waals surface area contributed by atoms with Crippen LogP contribution in [0.5, 0.6) is 0 Å². The maximum absolute atomic E-state index is 11.9. The van der Waals surface area contributed by atoms with E-state index in [1.54, 1.807) is 18.9 Å². The molecule has 0 saturated carbocycles. The lowest BCUT2D eigenvalue weighted by atomic mass is 10.00. The first kappa shape index (κ1) is 17.2. The molecule has 0 heterocycles. The number of rotatable bonds is 7. The Kier molecular flexibility index (Phi) is 6.37. The Balaban J connectivity index is 2.57. The molecule has 2 atom stereocenters. The van der Waals surface area contributed by atoms with E-state index in [4.69, 9.17) is 5.11 Å². The van der Waals surface area contributed by atoms with Crippen molar-refractivity contribution in [2.45, 2.75) is 39.3 Å². The molecule has 0 bridgehead atoms. The number of amides is 1. The minimum absolute atomic E-state index is 0.0635. The topological polar surface area (TPSA) is 69.6 Å². The minimum Gasteiger partial charge on any atom is -0.481 e. The van der Waals surface area contributed by atoms with Gasteiger partial charge in [0.15, 0.2) is 0 Å². The second-order valence-corrected chi connectivity index (χ2v) is 5.26. The van der Waals surface area contributed by atoms with E-state index in [0.29, 0.717) is 13.1 Å². The monoisotopic (exact) mass is 292 g/mol. The number of carbonyl (C=O) groups is 2. The molecular formula is C16H24N2O3. The average Bonchev–Trinajstić information content (AvgIpc) is 2.50. The zero-order valence-corrected chi connectivity index (χ0v) is 13.1. The Hall–Kier alpha value is -1.88. The van der Waals surface area contributed by atoms with E-state index in [2.05, 4.69) is 5.32 Å². The van der Waals surface area contributed by atoms with E-state index in [9.17, 15) is 9.59 Å². The van der Waals surface area contributed by atoms with Crippen molar-refractivity contribution >= 4 is 11.9 Å². The number of carboxylic acid groups (broad SMARTS) is 1. The normalized spacial score (nSPS) is 13.5. The quantitative estimate of drug-likeness (QED) is 0.804. The fourth-order valence-electron chi connectivity index (χ4n) is 1.91. The van der Waals surface area contributed by atoms with Crippen molar-refractivity contribution in [2.75, 3.05) is 13.6 Å². The lowest BCUT2D eigenvalue weighted by molar-refractivity contribution is -0.138. The third-order valence-corrected chi connectivity index (χ3v) is 3.68. The molecule has 0 spiro atoms. The van der Waals surface area contributed by atoms with E-state index in [1.165, 1.54) is 0 Å². The molecule has 116 valence electrons. The van der Waals surface area contributed by atoms with Crippen LogP contribution in [0.4, 0.5) is 0 Å². The average molecular weight is 292 g/mol. The predicted molar refractivity (Wildman–Crippen MR) is 82.1 cm³/mol. The van der Waals surface area contributed by atoms with Gasteiger partial charge in [-0.1, -0.05) is 24.3 Å². The maximum Gasteiger partial charge on any atom is 0.310 e. The van der Waals surface area contributed by atoms with Crippen LogP contribution in [0.25, 0.3) is 0 Å². The van der Waals surface area contributed by atoms with E-state index in [0.717, 1.165) is 11.1 Å². The molecule has 2 unspecified atom stereocenters. The first-order valence-corrected chi connectivity index (χ1v) is 7.16. The SMILES string of the molecule is CCN(C)C(=O)C(C)NCc1ccc(C(C)C(=O)O)cc1. The van der Waals surface area contributed by atoms with Gasteiger partial charge in [-0.15, -0.1) is 0 Å². The molecular weight excluding hydrogens is 268 g/mol. The molecule has 5 nitrogen and oxygen atoms in total. The van der Waals surface area contributed by atoms with Crippen LogP contribution in [0, 0.1) is 0 Å². The molecule has 2 N–H and O–H groups in total. The number of carboxylic acids is 1. The minimum atomic E-state index is -0.831. The Labute approximate surface area is 126 Å². The summed E-state index contributed by atoms with van der Waals surface area (Å²) in [7, 11) is 1.78. The van der Waals surface area contributed by atoms with Crippen molar-refractivity contribution in [3.8, 4) is 0 Å². The van der Waals surface area contributed by atoms with Gasteiger partial charge in [0.1, 0.15) is 0 Å². The molecule has 1 amide bonds. The maximum atomic E-state index is 11.9. The van der Waals surface area contributed by atoms with Crippen LogP contribution < -0.4 is 5.32 Å². The van der Waals surface area contributed by atoms with E-state index >= 15 is 0 Å². The summed E-state index contributed by atoms with van der Waals surface area (Å²) < 4.78 is 0. The van der Waals surface area contributed by atoms with Gasteiger partial charge >= 0.3 is 5.97 Å². The number of hydrogen-bond acceptors (Lipinski definition) is 3. The highest BCUT2D eigenvalue weighted by Crippen LogP contribution is 2.16. The van der Waals surface area contributed by atoms with Gasteiger partial charge in [0.05, 0.1) is 12.0 Å². The van der Waals surface area contributed by atoms with Gasteiger partial charge in [-0.2, -0.15) is 0 Å². The summed E-state index contributed by atoms with van der Waals surface area (Å²) in [5.74, 6) is -1.28. The zero-order chi connectivity index (χ0) is 16.0. The lowest BCUT2D eigenvalue weighted by Crippen LogP contribution is -2.42. The van der Waals surface area contributed by atoms with Gasteiger partial charge in [0, 0.05) is 20.1 Å². The van der Waals surface area contributed by atoms with Gasteiger partial charge in [-0.05, 0) is 31.9 Å². The molecule has 1 rings (SSSR count). The number of carbonyl (C=O) groups excluding carboxylic acids is 1. The summed E-state index contributed by atoms with van der Waals surface area (Å²) in [5.41, 5.74) is 1.80. The zero-order valence-electron chi connectivity index (χ0n) is 13.1. The first-order chi connectivity index (χ1) is 9.86. The van der Waals surface area contributed by atoms with Gasteiger partial charge in [0.25, 0.3) is 0 Å². The summed E-state index contributed by atoms with van der Waals surface area (Å²) in [6, 6.07) is 7.18. The molecule has 0 radical (unpaired) electrons.